The van der Waals surface area contributed by atoms with E-state index in [-0.39, 0.29) is 5.76 Å². The third kappa shape index (κ3) is 4.15. The normalized spacial score (nSPS) is 12.4. The molecular formula is C14H15O3-. The first-order valence-corrected chi connectivity index (χ1v) is 5.25. The highest BCUT2D eigenvalue weighted by Gasteiger charge is 1.98. The van der Waals surface area contributed by atoms with Gasteiger partial charge in [-0.3, -0.25) is 0 Å². The molecule has 1 aromatic carbocycles. The molecule has 1 aromatic rings. The van der Waals surface area contributed by atoms with Crippen molar-refractivity contribution in [2.45, 2.75) is 13.8 Å². The zero-order valence-electron chi connectivity index (χ0n) is 10.2. The lowest BCUT2D eigenvalue weighted by molar-refractivity contribution is -0.297. The number of carbonyl (C=O) groups excluding carboxylic acids is 1. The lowest BCUT2D eigenvalue weighted by Gasteiger charge is -2.05. The maximum atomic E-state index is 10.4. The van der Waals surface area contributed by atoms with Gasteiger partial charge >= 0.3 is 0 Å². The Morgan fingerprint density at radius 1 is 1.24 bits per heavy atom. The molecule has 0 amide bonds. The average molecular weight is 231 g/mol. The molecule has 0 heterocycles. The van der Waals surface area contributed by atoms with Gasteiger partial charge in [0.1, 0.15) is 5.76 Å². The van der Waals surface area contributed by atoms with Crippen molar-refractivity contribution in [2.24, 2.45) is 0 Å². The van der Waals surface area contributed by atoms with Crippen LogP contribution in [0.3, 0.4) is 0 Å². The second kappa shape index (κ2) is 5.89. The van der Waals surface area contributed by atoms with E-state index >= 15 is 0 Å². The maximum Gasteiger partial charge on any atom is 0.120 e. The van der Waals surface area contributed by atoms with Gasteiger partial charge in [-0.15, -0.1) is 0 Å². The first-order valence-electron chi connectivity index (χ1n) is 5.25. The number of hydrogen-bond donors (Lipinski definition) is 0. The van der Waals surface area contributed by atoms with E-state index in [4.69, 9.17) is 4.74 Å². The number of methoxy groups -OCH3 is 1. The van der Waals surface area contributed by atoms with E-state index in [1.807, 2.05) is 38.1 Å². The summed E-state index contributed by atoms with van der Waals surface area (Å²) in [4.78, 5) is 10.4. The van der Waals surface area contributed by atoms with Gasteiger partial charge in [0.25, 0.3) is 0 Å². The molecule has 0 radical (unpaired) electrons. The molecule has 0 saturated carbocycles. The Hall–Kier alpha value is -2.03. The van der Waals surface area contributed by atoms with Crippen LogP contribution in [0.25, 0.3) is 5.57 Å². The smallest absolute Gasteiger partial charge is 0.120 e. The number of hydrogen-bond acceptors (Lipinski definition) is 3. The molecule has 0 bridgehead atoms. The van der Waals surface area contributed by atoms with Gasteiger partial charge in [0.05, 0.1) is 13.1 Å². The fraction of sp³-hybridized carbons (Fsp3) is 0.214. The highest BCUT2D eigenvalue weighted by molar-refractivity contribution is 5.79. The van der Waals surface area contributed by atoms with Crippen molar-refractivity contribution in [3.63, 3.8) is 0 Å². The van der Waals surface area contributed by atoms with E-state index < -0.39 is 5.97 Å². The van der Waals surface area contributed by atoms with Gasteiger partial charge < -0.3 is 14.6 Å². The predicted molar refractivity (Wildman–Crippen MR) is 64.9 cm³/mol. The van der Waals surface area contributed by atoms with Crippen LogP contribution in [0, 0.1) is 6.92 Å². The predicted octanol–water partition coefficient (Wildman–Crippen LogP) is 1.68. The molecule has 0 aliphatic heterocycles. The standard InChI is InChI=1S/C14H16O3/c1-10-4-6-12(7-5-10)11(2)8-13(17-3)9-14(15)16/h4-9H,1-3H3,(H,15,16)/p-1/b11-8+,13-9+. The number of carboxylic acids is 1. The Morgan fingerprint density at radius 3 is 2.29 bits per heavy atom. The summed E-state index contributed by atoms with van der Waals surface area (Å²) in [6.45, 7) is 3.91. The van der Waals surface area contributed by atoms with Crippen LogP contribution in [0.4, 0.5) is 0 Å². The minimum atomic E-state index is -1.27. The largest absolute Gasteiger partial charge is 0.545 e. The van der Waals surface area contributed by atoms with Crippen LogP contribution < -0.4 is 5.11 Å². The summed E-state index contributed by atoms with van der Waals surface area (Å²) in [6.07, 6.45) is 2.60. The van der Waals surface area contributed by atoms with Gasteiger partial charge in [-0.2, -0.15) is 0 Å². The highest BCUT2D eigenvalue weighted by atomic mass is 16.5. The number of ether oxygens (including phenoxy) is 1. The fourth-order valence-electron chi connectivity index (χ4n) is 1.39. The lowest BCUT2D eigenvalue weighted by atomic mass is 10.1. The number of aryl methyl sites for hydroxylation is 1. The van der Waals surface area contributed by atoms with Gasteiger partial charge in [-0.1, -0.05) is 29.8 Å². The number of carbonyl (C=O) groups is 1. The molecule has 0 aliphatic rings. The van der Waals surface area contributed by atoms with Crippen LogP contribution in [0.1, 0.15) is 18.1 Å². The summed E-state index contributed by atoms with van der Waals surface area (Å²) in [5.74, 6) is -1.00. The van der Waals surface area contributed by atoms with Crippen LogP contribution in [-0.4, -0.2) is 13.1 Å². The molecular weight excluding hydrogens is 216 g/mol. The minimum Gasteiger partial charge on any atom is -0.545 e. The summed E-state index contributed by atoms with van der Waals surface area (Å²) in [7, 11) is 1.42. The number of rotatable bonds is 4. The van der Waals surface area contributed by atoms with E-state index in [1.54, 1.807) is 6.08 Å². The molecule has 17 heavy (non-hydrogen) atoms. The van der Waals surface area contributed by atoms with E-state index in [0.717, 1.165) is 17.2 Å². The molecule has 0 spiro atoms. The zero-order valence-corrected chi connectivity index (χ0v) is 10.2. The Morgan fingerprint density at radius 2 is 1.82 bits per heavy atom. The maximum absolute atomic E-state index is 10.4. The topological polar surface area (TPSA) is 49.4 Å². The van der Waals surface area contributed by atoms with Crippen LogP contribution in [-0.2, 0) is 9.53 Å². The molecule has 1 rings (SSSR count). The van der Waals surface area contributed by atoms with E-state index in [9.17, 15) is 9.90 Å². The van der Waals surface area contributed by atoms with Crippen molar-refractivity contribution >= 4 is 11.5 Å². The molecule has 0 unspecified atom stereocenters. The first kappa shape index (κ1) is 13.0. The van der Waals surface area contributed by atoms with E-state index in [1.165, 1.54) is 12.7 Å². The SMILES string of the molecule is COC(=C/C(=O)[O-])/C=C(\C)c1ccc(C)cc1. The summed E-state index contributed by atoms with van der Waals surface area (Å²) in [5.41, 5.74) is 3.13. The number of allylic oxidation sites excluding steroid dienone is 2. The van der Waals surface area contributed by atoms with Gasteiger partial charge in [0, 0.05) is 6.08 Å². The van der Waals surface area contributed by atoms with Crippen LogP contribution in [0.5, 0.6) is 0 Å². The van der Waals surface area contributed by atoms with Crippen molar-refractivity contribution in [1.82, 2.24) is 0 Å². The molecule has 90 valence electrons. The van der Waals surface area contributed by atoms with Crippen LogP contribution in [0.2, 0.25) is 0 Å². The Labute approximate surface area is 101 Å². The van der Waals surface area contributed by atoms with Gasteiger partial charge in [0.15, 0.2) is 0 Å². The zero-order chi connectivity index (χ0) is 12.8. The molecule has 3 heteroatoms. The van der Waals surface area contributed by atoms with Crippen LogP contribution >= 0.6 is 0 Å². The summed E-state index contributed by atoms with van der Waals surface area (Å²) < 4.78 is 4.94. The van der Waals surface area contributed by atoms with Crippen molar-refractivity contribution in [1.29, 1.82) is 0 Å². The Bertz CT molecular complexity index is 453. The van der Waals surface area contributed by atoms with E-state index in [0.29, 0.717) is 0 Å². The molecule has 0 aliphatic carbocycles. The second-order valence-electron chi connectivity index (χ2n) is 3.76. The van der Waals surface area contributed by atoms with Crippen molar-refractivity contribution in [2.75, 3.05) is 7.11 Å². The third-order valence-corrected chi connectivity index (χ3v) is 2.36. The number of carboxylic acid groups (broad SMARTS) is 1. The van der Waals surface area contributed by atoms with E-state index in [2.05, 4.69) is 0 Å². The molecule has 0 fully saturated rings. The molecule has 3 nitrogen and oxygen atoms in total. The highest BCUT2D eigenvalue weighted by Crippen LogP contribution is 2.16. The van der Waals surface area contributed by atoms with Crippen molar-refractivity contribution in [3.05, 3.63) is 53.3 Å². The number of benzene rings is 1. The summed E-state index contributed by atoms with van der Waals surface area (Å²) >= 11 is 0. The average Bonchev–Trinajstić information content (AvgIpc) is 2.28. The lowest BCUT2D eigenvalue weighted by Crippen LogP contribution is -2.19. The molecule has 0 N–H and O–H groups in total. The Balaban J connectivity index is 2.98. The second-order valence-corrected chi connectivity index (χ2v) is 3.76. The molecule has 0 saturated heterocycles. The minimum absolute atomic E-state index is 0.267. The third-order valence-electron chi connectivity index (χ3n) is 2.36. The summed E-state index contributed by atoms with van der Waals surface area (Å²) in [6, 6.07) is 7.96. The van der Waals surface area contributed by atoms with Gasteiger partial charge in [-0.05, 0) is 31.1 Å². The van der Waals surface area contributed by atoms with Crippen molar-refractivity contribution < 1.29 is 14.6 Å². The fourth-order valence-corrected chi connectivity index (χ4v) is 1.39. The monoisotopic (exact) mass is 231 g/mol. The van der Waals surface area contributed by atoms with Crippen LogP contribution in [0.15, 0.2) is 42.2 Å². The number of aliphatic carboxylic acids is 1. The summed E-state index contributed by atoms with van der Waals surface area (Å²) in [5, 5.41) is 10.4. The molecule has 0 aromatic heterocycles. The van der Waals surface area contributed by atoms with Gasteiger partial charge in [0.2, 0.25) is 0 Å². The Kier molecular flexibility index (Phi) is 4.52. The van der Waals surface area contributed by atoms with Gasteiger partial charge in [-0.25, -0.2) is 0 Å². The first-order chi connectivity index (χ1) is 8.02. The van der Waals surface area contributed by atoms with Crippen molar-refractivity contribution in [3.8, 4) is 0 Å². The molecule has 0 atom stereocenters. The quantitative estimate of drug-likeness (QED) is 0.450.